The number of halogens is 2. The minimum atomic E-state index is -0.637. The second-order valence-electron chi connectivity index (χ2n) is 8.08. The highest BCUT2D eigenvalue weighted by Crippen LogP contribution is 2.35. The molecule has 0 fully saturated rings. The zero-order chi connectivity index (χ0) is 24.5. The Morgan fingerprint density at radius 1 is 1.06 bits per heavy atom. The number of hydrogen-bond donors (Lipinski definition) is 2. The van der Waals surface area contributed by atoms with Crippen LogP contribution >= 0.6 is 0 Å². The molecule has 4 aromatic rings. The number of aromatic amines is 1. The van der Waals surface area contributed by atoms with Gasteiger partial charge in [0.1, 0.15) is 17.5 Å². The Hall–Kier alpha value is -4.40. The number of carbonyl (C=O) groups excluding carboxylic acids is 1. The Morgan fingerprint density at radius 3 is 2.63 bits per heavy atom. The maximum atomic E-state index is 15.1. The molecule has 176 valence electrons. The van der Waals surface area contributed by atoms with Crippen LogP contribution in [0.15, 0.2) is 64.4 Å². The molecule has 7 nitrogen and oxygen atoms in total. The van der Waals surface area contributed by atoms with Gasteiger partial charge in [-0.15, -0.1) is 0 Å². The first kappa shape index (κ1) is 22.4. The standard InChI is InChI=1S/C26H20F2N4O3/c1-2-35-26(34)30-24-12-15-11-21(28)19(13-22(15)29-24)18-9-14(7-8-20(18)27)10-23-16-5-3-4-6-17(16)25(33)32-31-23/h3-9,11,13H,2,10,12H2,1H3,(H,32,33)(H,29,30,34). The summed E-state index contributed by atoms with van der Waals surface area (Å²) in [4.78, 5) is 28.1. The lowest BCUT2D eigenvalue weighted by Gasteiger charge is -2.10. The van der Waals surface area contributed by atoms with Gasteiger partial charge in [0.05, 0.1) is 23.4 Å². The molecule has 1 aliphatic rings. The lowest BCUT2D eigenvalue weighted by atomic mass is 9.97. The maximum absolute atomic E-state index is 15.1. The van der Waals surface area contributed by atoms with Crippen LogP contribution in [0.5, 0.6) is 0 Å². The van der Waals surface area contributed by atoms with Crippen LogP contribution in [0.3, 0.4) is 0 Å². The van der Waals surface area contributed by atoms with Crippen LogP contribution in [-0.4, -0.2) is 28.7 Å². The van der Waals surface area contributed by atoms with Crippen molar-refractivity contribution in [1.29, 1.82) is 0 Å². The van der Waals surface area contributed by atoms with E-state index in [2.05, 4.69) is 20.5 Å². The Kier molecular flexibility index (Phi) is 5.82. The molecule has 1 aromatic heterocycles. The van der Waals surface area contributed by atoms with Gasteiger partial charge in [-0.1, -0.05) is 24.3 Å². The average molecular weight is 474 g/mol. The second kappa shape index (κ2) is 9.09. The molecule has 1 amide bonds. The molecule has 0 radical (unpaired) electrons. The number of rotatable bonds is 4. The Bertz CT molecular complexity index is 1560. The summed E-state index contributed by atoms with van der Waals surface area (Å²) < 4.78 is 34.7. The van der Waals surface area contributed by atoms with Crippen LogP contribution < -0.4 is 10.9 Å². The van der Waals surface area contributed by atoms with E-state index < -0.39 is 17.7 Å². The van der Waals surface area contributed by atoms with Gasteiger partial charge in [0.15, 0.2) is 0 Å². The fraction of sp³-hybridized carbons (Fsp3) is 0.154. The van der Waals surface area contributed by atoms with Crippen LogP contribution in [0.2, 0.25) is 0 Å². The molecule has 0 atom stereocenters. The number of aromatic nitrogens is 2. The van der Waals surface area contributed by atoms with E-state index in [0.717, 1.165) is 0 Å². The van der Waals surface area contributed by atoms with E-state index in [1.807, 2.05) is 6.07 Å². The quantitative estimate of drug-likeness (QED) is 0.445. The second-order valence-corrected chi connectivity index (χ2v) is 8.08. The van der Waals surface area contributed by atoms with Gasteiger partial charge >= 0.3 is 6.09 Å². The van der Waals surface area contributed by atoms with Crippen molar-refractivity contribution in [3.05, 3.63) is 93.4 Å². The summed E-state index contributed by atoms with van der Waals surface area (Å²) in [7, 11) is 0. The minimum Gasteiger partial charge on any atom is -0.450 e. The number of amidine groups is 1. The van der Waals surface area contributed by atoms with Gasteiger partial charge in [-0.3, -0.25) is 10.1 Å². The van der Waals surface area contributed by atoms with Gasteiger partial charge in [-0.05, 0) is 48.4 Å². The molecule has 1 aliphatic heterocycles. The van der Waals surface area contributed by atoms with Crippen molar-refractivity contribution in [2.45, 2.75) is 19.8 Å². The van der Waals surface area contributed by atoms with Crippen molar-refractivity contribution in [3.63, 3.8) is 0 Å². The number of hydrogen-bond acceptors (Lipinski definition) is 5. The van der Waals surface area contributed by atoms with Crippen LogP contribution in [0.4, 0.5) is 19.3 Å². The van der Waals surface area contributed by atoms with Crippen molar-refractivity contribution >= 4 is 28.4 Å². The summed E-state index contributed by atoms with van der Waals surface area (Å²) in [5, 5.41) is 10.4. The molecule has 5 rings (SSSR count). The van der Waals surface area contributed by atoms with Crippen molar-refractivity contribution in [3.8, 4) is 11.1 Å². The molecular weight excluding hydrogens is 454 g/mol. The van der Waals surface area contributed by atoms with Crippen LogP contribution in [0.25, 0.3) is 21.9 Å². The van der Waals surface area contributed by atoms with E-state index in [1.54, 1.807) is 37.3 Å². The number of benzene rings is 3. The fourth-order valence-corrected chi connectivity index (χ4v) is 4.17. The highest BCUT2D eigenvalue weighted by Gasteiger charge is 2.21. The molecule has 0 aliphatic carbocycles. The zero-order valence-corrected chi connectivity index (χ0v) is 18.7. The van der Waals surface area contributed by atoms with E-state index in [4.69, 9.17) is 4.74 Å². The zero-order valence-electron chi connectivity index (χ0n) is 18.7. The predicted octanol–water partition coefficient (Wildman–Crippen LogP) is 4.79. The lowest BCUT2D eigenvalue weighted by Crippen LogP contribution is -2.31. The first-order valence-electron chi connectivity index (χ1n) is 11.0. The van der Waals surface area contributed by atoms with Crippen molar-refractivity contribution in [2.24, 2.45) is 4.99 Å². The molecule has 0 saturated carbocycles. The molecule has 2 N–H and O–H groups in total. The van der Waals surface area contributed by atoms with Gasteiger partial charge in [-0.2, -0.15) is 5.10 Å². The average Bonchev–Trinajstić information content (AvgIpc) is 3.22. The maximum Gasteiger partial charge on any atom is 0.412 e. The normalized spacial score (nSPS) is 12.4. The molecule has 2 heterocycles. The number of fused-ring (bicyclic) bond motifs is 2. The molecule has 3 aromatic carbocycles. The third-order valence-corrected chi connectivity index (χ3v) is 5.77. The number of aliphatic imine (C=N–C) groups is 1. The Morgan fingerprint density at radius 2 is 1.83 bits per heavy atom. The number of nitrogens with one attached hydrogen (secondary N) is 2. The summed E-state index contributed by atoms with van der Waals surface area (Å²) >= 11 is 0. The highest BCUT2D eigenvalue weighted by atomic mass is 19.1. The SMILES string of the molecule is CCOC(=O)NC1=Nc2cc(-c3cc(Cc4n[nH]c(=O)c5ccccc45)ccc3F)c(F)cc2C1. The number of carbonyl (C=O) groups is 1. The van der Waals surface area contributed by atoms with Gasteiger partial charge in [0, 0.05) is 29.4 Å². The topological polar surface area (TPSA) is 96.4 Å². The first-order chi connectivity index (χ1) is 16.9. The van der Waals surface area contributed by atoms with Crippen LogP contribution in [-0.2, 0) is 17.6 Å². The smallest absolute Gasteiger partial charge is 0.412 e. The summed E-state index contributed by atoms with van der Waals surface area (Å²) in [5.74, 6) is -0.848. The summed E-state index contributed by atoms with van der Waals surface area (Å²) in [6, 6.07) is 14.3. The monoisotopic (exact) mass is 474 g/mol. The molecule has 0 unspecified atom stereocenters. The molecule has 0 bridgehead atoms. The third-order valence-electron chi connectivity index (χ3n) is 5.77. The van der Waals surface area contributed by atoms with E-state index in [-0.39, 0.29) is 29.7 Å². The summed E-state index contributed by atoms with van der Waals surface area (Å²) in [6.07, 6.45) is -0.0938. The lowest BCUT2D eigenvalue weighted by molar-refractivity contribution is 0.157. The molecular formula is C26H20F2N4O3. The Labute approximate surface area is 198 Å². The fourth-order valence-electron chi connectivity index (χ4n) is 4.17. The van der Waals surface area contributed by atoms with Gasteiger partial charge < -0.3 is 4.74 Å². The highest BCUT2D eigenvalue weighted by molar-refractivity contribution is 6.01. The summed E-state index contributed by atoms with van der Waals surface area (Å²) in [5.41, 5.74) is 2.19. The van der Waals surface area contributed by atoms with Gasteiger partial charge in [-0.25, -0.2) is 23.7 Å². The molecule has 9 heteroatoms. The van der Waals surface area contributed by atoms with Gasteiger partial charge in [0.25, 0.3) is 5.56 Å². The van der Waals surface area contributed by atoms with E-state index in [0.29, 0.717) is 45.5 Å². The number of ether oxygens (including phenoxy) is 1. The predicted molar refractivity (Wildman–Crippen MR) is 128 cm³/mol. The molecule has 35 heavy (non-hydrogen) atoms. The minimum absolute atomic E-state index is 0.0588. The van der Waals surface area contributed by atoms with Crippen molar-refractivity contribution < 1.29 is 18.3 Å². The van der Waals surface area contributed by atoms with Crippen LogP contribution in [0, 0.1) is 11.6 Å². The van der Waals surface area contributed by atoms with Gasteiger partial charge in [0.2, 0.25) is 0 Å². The number of nitrogens with zero attached hydrogens (tertiary/aromatic N) is 2. The first-order valence-corrected chi connectivity index (χ1v) is 11.0. The third kappa shape index (κ3) is 4.40. The van der Waals surface area contributed by atoms with Crippen LogP contribution in [0.1, 0.15) is 23.7 Å². The van der Waals surface area contributed by atoms with E-state index >= 15 is 4.39 Å². The van der Waals surface area contributed by atoms with Crippen molar-refractivity contribution in [1.82, 2.24) is 15.5 Å². The number of alkyl carbamates (subject to hydrolysis) is 1. The molecule has 0 spiro atoms. The molecule has 0 saturated heterocycles. The Balaban J connectivity index is 1.49. The van der Waals surface area contributed by atoms with E-state index in [9.17, 15) is 14.0 Å². The number of H-pyrrole nitrogens is 1. The summed E-state index contributed by atoms with van der Waals surface area (Å²) in [6.45, 7) is 1.90. The van der Waals surface area contributed by atoms with E-state index in [1.165, 1.54) is 18.2 Å². The van der Waals surface area contributed by atoms with Crippen molar-refractivity contribution in [2.75, 3.05) is 6.61 Å². The number of amides is 1. The largest absolute Gasteiger partial charge is 0.450 e.